The van der Waals surface area contributed by atoms with Gasteiger partial charge in [-0.2, -0.15) is 0 Å². The van der Waals surface area contributed by atoms with E-state index in [9.17, 15) is 14.9 Å². The fraction of sp³-hybridized carbons (Fsp3) is 0.0625. The van der Waals surface area contributed by atoms with E-state index in [2.05, 4.69) is 0 Å². The van der Waals surface area contributed by atoms with Crippen LogP contribution in [-0.2, 0) is 4.79 Å². The number of hydrazine groups is 1. The highest BCUT2D eigenvalue weighted by molar-refractivity contribution is 6.03. The zero-order chi connectivity index (χ0) is 16.8. The lowest BCUT2D eigenvalue weighted by molar-refractivity contribution is -0.384. The summed E-state index contributed by atoms with van der Waals surface area (Å²) in [6, 6.07) is 12.6. The zero-order valence-electron chi connectivity index (χ0n) is 12.8. The van der Waals surface area contributed by atoms with Crippen molar-refractivity contribution in [1.82, 2.24) is 0 Å². The maximum atomic E-state index is 12.0. The third-order valence-electron chi connectivity index (χ3n) is 3.09. The van der Waals surface area contributed by atoms with Crippen LogP contribution in [0.3, 0.4) is 0 Å². The molecule has 0 bridgehead atoms. The van der Waals surface area contributed by atoms with Crippen molar-refractivity contribution in [2.75, 3.05) is 12.1 Å². The molecule has 2 N–H and O–H groups in total. The van der Waals surface area contributed by atoms with Gasteiger partial charge in [-0.1, -0.05) is 12.1 Å². The Kier molecular flexibility index (Phi) is 6.91. The van der Waals surface area contributed by atoms with Crippen LogP contribution < -0.4 is 15.6 Å². The van der Waals surface area contributed by atoms with Gasteiger partial charge >= 0.3 is 0 Å². The SMILES string of the molecule is COc1ccc(N(N)C(=O)C=Cc2cccc([N+](=O)[O-])c2)cc1.Cl. The number of nitrogens with zero attached hydrogens (tertiary/aromatic N) is 2. The third-order valence-corrected chi connectivity index (χ3v) is 3.09. The lowest BCUT2D eigenvalue weighted by Crippen LogP contribution is -2.36. The predicted molar refractivity (Wildman–Crippen MR) is 94.0 cm³/mol. The van der Waals surface area contributed by atoms with E-state index in [1.54, 1.807) is 43.5 Å². The molecule has 0 aliphatic carbocycles. The molecule has 24 heavy (non-hydrogen) atoms. The molecule has 0 unspecified atom stereocenters. The first-order valence-electron chi connectivity index (χ1n) is 6.66. The van der Waals surface area contributed by atoms with Gasteiger partial charge in [0.25, 0.3) is 11.6 Å². The first kappa shape index (κ1) is 19.1. The molecule has 0 aromatic heterocycles. The van der Waals surface area contributed by atoms with Gasteiger partial charge in [0, 0.05) is 18.2 Å². The number of methoxy groups -OCH3 is 1. The highest BCUT2D eigenvalue weighted by Gasteiger charge is 2.09. The number of ether oxygens (including phenoxy) is 1. The second-order valence-electron chi connectivity index (χ2n) is 4.59. The Hall–Kier alpha value is -2.90. The summed E-state index contributed by atoms with van der Waals surface area (Å²) >= 11 is 0. The summed E-state index contributed by atoms with van der Waals surface area (Å²) in [5.74, 6) is 5.95. The molecule has 0 saturated heterocycles. The highest BCUT2D eigenvalue weighted by atomic mass is 35.5. The topological polar surface area (TPSA) is 98.7 Å². The minimum Gasteiger partial charge on any atom is -0.497 e. The molecule has 8 heteroatoms. The normalized spacial score (nSPS) is 10.1. The Bertz CT molecular complexity index is 747. The molecular weight excluding hydrogens is 334 g/mol. The molecule has 0 radical (unpaired) electrons. The van der Waals surface area contributed by atoms with Gasteiger partial charge in [0.15, 0.2) is 0 Å². The summed E-state index contributed by atoms with van der Waals surface area (Å²) in [7, 11) is 1.54. The number of rotatable bonds is 5. The molecule has 0 fully saturated rings. The van der Waals surface area contributed by atoms with Crippen LogP contribution in [0.15, 0.2) is 54.6 Å². The van der Waals surface area contributed by atoms with Gasteiger partial charge in [0.2, 0.25) is 0 Å². The van der Waals surface area contributed by atoms with Crippen LogP contribution in [0.25, 0.3) is 6.08 Å². The predicted octanol–water partition coefficient (Wildman–Crippen LogP) is 2.95. The van der Waals surface area contributed by atoms with E-state index in [4.69, 9.17) is 10.6 Å². The van der Waals surface area contributed by atoms with Crippen molar-refractivity contribution in [3.63, 3.8) is 0 Å². The fourth-order valence-corrected chi connectivity index (χ4v) is 1.86. The molecule has 7 nitrogen and oxygen atoms in total. The molecule has 0 aliphatic rings. The van der Waals surface area contributed by atoms with Crippen molar-refractivity contribution in [3.8, 4) is 5.75 Å². The smallest absolute Gasteiger partial charge is 0.270 e. The van der Waals surface area contributed by atoms with E-state index < -0.39 is 10.8 Å². The van der Waals surface area contributed by atoms with Crippen molar-refractivity contribution in [2.45, 2.75) is 0 Å². The molecule has 0 atom stereocenters. The zero-order valence-corrected chi connectivity index (χ0v) is 13.6. The fourth-order valence-electron chi connectivity index (χ4n) is 1.86. The van der Waals surface area contributed by atoms with Crippen LogP contribution >= 0.6 is 12.4 Å². The number of nitro benzene ring substituents is 1. The summed E-state index contributed by atoms with van der Waals surface area (Å²) in [6.45, 7) is 0. The number of non-ortho nitro benzene ring substituents is 1. The van der Waals surface area contributed by atoms with Crippen molar-refractivity contribution < 1.29 is 14.5 Å². The molecule has 2 aromatic carbocycles. The van der Waals surface area contributed by atoms with Crippen LogP contribution in [0.4, 0.5) is 11.4 Å². The standard InChI is InChI=1S/C16H15N3O4.ClH/c1-23-15-8-6-13(7-9-15)18(17)16(20)10-5-12-3-2-4-14(11-12)19(21)22;/h2-11H,17H2,1H3;1H. The molecule has 126 valence electrons. The molecule has 0 saturated carbocycles. The van der Waals surface area contributed by atoms with E-state index in [1.165, 1.54) is 24.3 Å². The van der Waals surface area contributed by atoms with Crippen molar-refractivity contribution in [3.05, 3.63) is 70.3 Å². The van der Waals surface area contributed by atoms with Gasteiger partial charge in [-0.05, 0) is 35.9 Å². The molecular formula is C16H16ClN3O4. The van der Waals surface area contributed by atoms with E-state index in [1.807, 2.05) is 0 Å². The summed E-state index contributed by atoms with van der Waals surface area (Å²) < 4.78 is 5.03. The number of nitro groups is 1. The van der Waals surface area contributed by atoms with E-state index in [0.29, 0.717) is 17.0 Å². The quantitative estimate of drug-likeness (QED) is 0.294. The molecule has 1 amide bonds. The Morgan fingerprint density at radius 3 is 2.50 bits per heavy atom. The first-order chi connectivity index (χ1) is 11.0. The van der Waals surface area contributed by atoms with Crippen LogP contribution in [0.5, 0.6) is 5.75 Å². The Morgan fingerprint density at radius 1 is 1.25 bits per heavy atom. The molecule has 2 aromatic rings. The lowest BCUT2D eigenvalue weighted by Gasteiger charge is -2.14. The number of amides is 1. The van der Waals surface area contributed by atoms with Crippen molar-refractivity contribution in [2.24, 2.45) is 5.84 Å². The van der Waals surface area contributed by atoms with Crippen LogP contribution in [0.1, 0.15) is 5.56 Å². The second-order valence-corrected chi connectivity index (χ2v) is 4.59. The largest absolute Gasteiger partial charge is 0.497 e. The number of halogens is 1. The van der Waals surface area contributed by atoms with Gasteiger partial charge in [0.1, 0.15) is 5.75 Å². The van der Waals surface area contributed by atoms with E-state index in [-0.39, 0.29) is 18.1 Å². The molecule has 0 heterocycles. The minimum atomic E-state index is -0.494. The van der Waals surface area contributed by atoms with Gasteiger partial charge in [-0.3, -0.25) is 14.9 Å². The van der Waals surface area contributed by atoms with Crippen molar-refractivity contribution in [1.29, 1.82) is 0 Å². The van der Waals surface area contributed by atoms with Gasteiger partial charge in [-0.25, -0.2) is 10.9 Å². The molecule has 2 rings (SSSR count). The molecule has 0 aliphatic heterocycles. The average molecular weight is 350 g/mol. The van der Waals surface area contributed by atoms with Gasteiger partial charge < -0.3 is 4.74 Å². The maximum Gasteiger partial charge on any atom is 0.270 e. The lowest BCUT2D eigenvalue weighted by atomic mass is 10.2. The monoisotopic (exact) mass is 349 g/mol. The first-order valence-corrected chi connectivity index (χ1v) is 6.66. The molecule has 0 spiro atoms. The number of hydrogen-bond acceptors (Lipinski definition) is 5. The summed E-state index contributed by atoms with van der Waals surface area (Å²) in [5.41, 5.74) is 0.995. The summed E-state index contributed by atoms with van der Waals surface area (Å²) in [6.07, 6.45) is 2.72. The Balaban J connectivity index is 0.00000288. The third kappa shape index (κ3) is 4.80. The van der Waals surface area contributed by atoms with E-state index in [0.717, 1.165) is 5.01 Å². The number of benzene rings is 2. The maximum absolute atomic E-state index is 12.0. The second kappa shape index (κ2) is 8.66. The number of carbonyl (C=O) groups excluding carboxylic acids is 1. The summed E-state index contributed by atoms with van der Waals surface area (Å²) in [4.78, 5) is 22.3. The number of anilines is 1. The van der Waals surface area contributed by atoms with Gasteiger partial charge in [-0.15, -0.1) is 12.4 Å². The minimum absolute atomic E-state index is 0. The summed E-state index contributed by atoms with van der Waals surface area (Å²) in [5, 5.41) is 11.7. The number of hydrogen-bond donors (Lipinski definition) is 1. The van der Waals surface area contributed by atoms with E-state index >= 15 is 0 Å². The van der Waals surface area contributed by atoms with Crippen molar-refractivity contribution >= 4 is 35.8 Å². The highest BCUT2D eigenvalue weighted by Crippen LogP contribution is 2.18. The Morgan fingerprint density at radius 2 is 1.92 bits per heavy atom. The number of carbonyl (C=O) groups is 1. The van der Waals surface area contributed by atoms with Crippen LogP contribution in [0, 0.1) is 10.1 Å². The van der Waals surface area contributed by atoms with Gasteiger partial charge in [0.05, 0.1) is 17.7 Å². The Labute approximate surface area is 144 Å². The van der Waals surface area contributed by atoms with Crippen LogP contribution in [0.2, 0.25) is 0 Å². The van der Waals surface area contributed by atoms with Crippen LogP contribution in [-0.4, -0.2) is 17.9 Å². The average Bonchev–Trinajstić information content (AvgIpc) is 2.59. The number of nitrogens with two attached hydrogens (primary N) is 1.